The molecule has 1 aromatic carbocycles. The van der Waals surface area contributed by atoms with E-state index < -0.39 is 5.97 Å². The summed E-state index contributed by atoms with van der Waals surface area (Å²) in [6, 6.07) is 5.12. The molecule has 0 aliphatic heterocycles. The highest BCUT2D eigenvalue weighted by molar-refractivity contribution is 6.31. The number of hydrogen-bond acceptors (Lipinski definition) is 3. The molecule has 1 heterocycles. The van der Waals surface area contributed by atoms with E-state index in [1.54, 1.807) is 24.4 Å². The fourth-order valence-electron chi connectivity index (χ4n) is 1.74. The lowest BCUT2D eigenvalue weighted by molar-refractivity contribution is 0.0601. The van der Waals surface area contributed by atoms with Gasteiger partial charge in [-0.3, -0.25) is 0 Å². The van der Waals surface area contributed by atoms with Crippen molar-refractivity contribution in [3.05, 3.63) is 40.8 Å². The van der Waals surface area contributed by atoms with E-state index in [1.165, 1.54) is 7.11 Å². The lowest BCUT2D eigenvalue weighted by Gasteiger charge is -2.07. The quantitative estimate of drug-likeness (QED) is 0.784. The molecule has 0 aliphatic carbocycles. The average molecular weight is 265 g/mol. The number of imidazole rings is 1. The zero-order valence-electron chi connectivity index (χ0n) is 10.4. The topological polar surface area (TPSA) is 44.1 Å². The molecule has 0 saturated heterocycles. The van der Waals surface area contributed by atoms with Gasteiger partial charge in [-0.05, 0) is 25.1 Å². The van der Waals surface area contributed by atoms with Gasteiger partial charge in [0.2, 0.25) is 0 Å². The first kappa shape index (κ1) is 12.6. The van der Waals surface area contributed by atoms with Crippen LogP contribution in [0.4, 0.5) is 0 Å². The second-order valence-corrected chi connectivity index (χ2v) is 4.41. The van der Waals surface area contributed by atoms with Gasteiger partial charge in [0.15, 0.2) is 0 Å². The zero-order chi connectivity index (χ0) is 13.3. The molecule has 0 atom stereocenters. The largest absolute Gasteiger partial charge is 0.465 e. The van der Waals surface area contributed by atoms with E-state index in [4.69, 9.17) is 16.3 Å². The van der Waals surface area contributed by atoms with Crippen LogP contribution in [0.5, 0.6) is 0 Å². The van der Waals surface area contributed by atoms with Crippen molar-refractivity contribution in [1.29, 1.82) is 0 Å². The number of aryl methyl sites for hydroxylation is 1. The van der Waals surface area contributed by atoms with Crippen LogP contribution in [0.2, 0.25) is 5.02 Å². The molecule has 5 heteroatoms. The normalized spacial score (nSPS) is 10.4. The minimum absolute atomic E-state index is 0.405. The van der Waals surface area contributed by atoms with Crippen LogP contribution in [0.1, 0.15) is 16.2 Å². The van der Waals surface area contributed by atoms with Gasteiger partial charge in [0.05, 0.1) is 24.6 Å². The van der Waals surface area contributed by atoms with Crippen molar-refractivity contribution in [2.24, 2.45) is 7.05 Å². The van der Waals surface area contributed by atoms with E-state index >= 15 is 0 Å². The lowest BCUT2D eigenvalue weighted by Crippen LogP contribution is -2.02. The third-order valence-electron chi connectivity index (χ3n) is 2.84. The summed E-state index contributed by atoms with van der Waals surface area (Å²) >= 11 is 6.02. The van der Waals surface area contributed by atoms with Gasteiger partial charge in [0.1, 0.15) is 5.82 Å². The molecular weight excluding hydrogens is 252 g/mol. The Bertz CT molecular complexity index is 605. The molecular formula is C13H13ClN2O2. The SMILES string of the molecule is COC(=O)c1cc(Cl)cc(-c2cnc(C)n2C)c1. The molecule has 0 amide bonds. The number of ether oxygens (including phenoxy) is 1. The van der Waals surface area contributed by atoms with Crippen LogP contribution in [-0.2, 0) is 11.8 Å². The molecule has 0 bridgehead atoms. The summed E-state index contributed by atoms with van der Waals surface area (Å²) in [6.07, 6.45) is 1.75. The van der Waals surface area contributed by atoms with Crippen LogP contribution in [0.3, 0.4) is 0 Å². The standard InChI is InChI=1S/C13H13ClN2O2/c1-8-15-7-12(16(8)2)9-4-10(13(17)18-3)6-11(14)5-9/h4-7H,1-3H3. The van der Waals surface area contributed by atoms with Crippen molar-refractivity contribution in [2.75, 3.05) is 7.11 Å². The predicted octanol–water partition coefficient (Wildman–Crippen LogP) is 2.84. The number of aromatic nitrogens is 2. The number of carbonyl (C=O) groups is 1. The van der Waals surface area contributed by atoms with E-state index in [1.807, 2.05) is 18.5 Å². The second kappa shape index (κ2) is 4.82. The van der Waals surface area contributed by atoms with Crippen LogP contribution in [-0.4, -0.2) is 22.6 Å². The Morgan fingerprint density at radius 2 is 2.11 bits per heavy atom. The van der Waals surface area contributed by atoms with Gasteiger partial charge in [0.25, 0.3) is 0 Å². The highest BCUT2D eigenvalue weighted by atomic mass is 35.5. The molecule has 2 aromatic rings. The molecule has 0 N–H and O–H groups in total. The number of halogens is 1. The Kier molecular flexibility index (Phi) is 3.39. The van der Waals surface area contributed by atoms with Crippen LogP contribution in [0.25, 0.3) is 11.3 Å². The van der Waals surface area contributed by atoms with Gasteiger partial charge in [-0.2, -0.15) is 0 Å². The first-order valence-corrected chi connectivity index (χ1v) is 5.78. The Hall–Kier alpha value is -1.81. The molecule has 0 radical (unpaired) electrons. The number of esters is 1. The summed E-state index contributed by atoms with van der Waals surface area (Å²) in [5.41, 5.74) is 2.17. The summed E-state index contributed by atoms with van der Waals surface area (Å²) in [6.45, 7) is 1.91. The Morgan fingerprint density at radius 3 is 2.67 bits per heavy atom. The van der Waals surface area contributed by atoms with E-state index in [0.717, 1.165) is 17.1 Å². The maximum Gasteiger partial charge on any atom is 0.337 e. The minimum atomic E-state index is -0.405. The van der Waals surface area contributed by atoms with E-state index in [0.29, 0.717) is 10.6 Å². The number of benzene rings is 1. The molecule has 94 valence electrons. The lowest BCUT2D eigenvalue weighted by atomic mass is 10.1. The van der Waals surface area contributed by atoms with Gasteiger partial charge in [-0.25, -0.2) is 9.78 Å². The summed E-state index contributed by atoms with van der Waals surface area (Å²) in [5.74, 6) is 0.488. The van der Waals surface area contributed by atoms with Gasteiger partial charge < -0.3 is 9.30 Å². The van der Waals surface area contributed by atoms with Crippen molar-refractivity contribution >= 4 is 17.6 Å². The summed E-state index contributed by atoms with van der Waals surface area (Å²) in [4.78, 5) is 15.8. The fourth-order valence-corrected chi connectivity index (χ4v) is 1.98. The van der Waals surface area contributed by atoms with Crippen molar-refractivity contribution in [1.82, 2.24) is 9.55 Å². The van der Waals surface area contributed by atoms with E-state index in [2.05, 4.69) is 4.98 Å². The Balaban J connectivity index is 2.55. The fraction of sp³-hybridized carbons (Fsp3) is 0.231. The molecule has 0 saturated carbocycles. The highest BCUT2D eigenvalue weighted by Gasteiger charge is 2.12. The molecule has 1 aromatic heterocycles. The van der Waals surface area contributed by atoms with Crippen LogP contribution in [0, 0.1) is 6.92 Å². The number of hydrogen-bond donors (Lipinski definition) is 0. The Morgan fingerprint density at radius 1 is 1.39 bits per heavy atom. The van der Waals surface area contributed by atoms with Crippen molar-refractivity contribution < 1.29 is 9.53 Å². The molecule has 2 rings (SSSR count). The van der Waals surface area contributed by atoms with Gasteiger partial charge >= 0.3 is 5.97 Å². The van der Waals surface area contributed by atoms with Gasteiger partial charge in [-0.15, -0.1) is 0 Å². The van der Waals surface area contributed by atoms with Gasteiger partial charge in [0, 0.05) is 17.6 Å². The van der Waals surface area contributed by atoms with Crippen molar-refractivity contribution in [3.8, 4) is 11.3 Å². The predicted molar refractivity (Wildman–Crippen MR) is 69.7 cm³/mol. The number of carbonyl (C=O) groups excluding carboxylic acids is 1. The third kappa shape index (κ3) is 2.24. The molecule has 0 fully saturated rings. The van der Waals surface area contributed by atoms with Crippen molar-refractivity contribution in [3.63, 3.8) is 0 Å². The summed E-state index contributed by atoms with van der Waals surface area (Å²) in [5, 5.41) is 0.492. The summed E-state index contributed by atoms with van der Waals surface area (Å²) in [7, 11) is 3.26. The third-order valence-corrected chi connectivity index (χ3v) is 3.05. The molecule has 0 aliphatic rings. The zero-order valence-corrected chi connectivity index (χ0v) is 11.2. The number of nitrogens with zero attached hydrogens (tertiary/aromatic N) is 2. The van der Waals surface area contributed by atoms with Crippen LogP contribution in [0.15, 0.2) is 24.4 Å². The van der Waals surface area contributed by atoms with E-state index in [-0.39, 0.29) is 0 Å². The van der Waals surface area contributed by atoms with E-state index in [9.17, 15) is 4.79 Å². The van der Waals surface area contributed by atoms with Crippen molar-refractivity contribution in [2.45, 2.75) is 6.92 Å². The monoisotopic (exact) mass is 264 g/mol. The van der Waals surface area contributed by atoms with Crippen LogP contribution >= 0.6 is 11.6 Å². The van der Waals surface area contributed by atoms with Gasteiger partial charge in [-0.1, -0.05) is 11.6 Å². The molecule has 18 heavy (non-hydrogen) atoms. The first-order valence-electron chi connectivity index (χ1n) is 5.40. The number of methoxy groups -OCH3 is 1. The first-order chi connectivity index (χ1) is 8.52. The molecule has 0 unspecified atom stereocenters. The maximum absolute atomic E-state index is 11.5. The van der Waals surface area contributed by atoms with Crippen LogP contribution < -0.4 is 0 Å². The molecule has 4 nitrogen and oxygen atoms in total. The highest BCUT2D eigenvalue weighted by Crippen LogP contribution is 2.25. The number of rotatable bonds is 2. The maximum atomic E-state index is 11.5. The smallest absolute Gasteiger partial charge is 0.337 e. The second-order valence-electron chi connectivity index (χ2n) is 3.97. The minimum Gasteiger partial charge on any atom is -0.465 e. The molecule has 0 spiro atoms. The average Bonchev–Trinajstić information content (AvgIpc) is 2.68. The summed E-state index contributed by atoms with van der Waals surface area (Å²) < 4.78 is 6.63. The Labute approximate surface area is 110 Å².